The van der Waals surface area contributed by atoms with E-state index in [1.54, 1.807) is 17.5 Å². The molecule has 2 rings (SSSR count). The fourth-order valence-electron chi connectivity index (χ4n) is 4.34. The van der Waals surface area contributed by atoms with Crippen molar-refractivity contribution in [2.24, 2.45) is 17.3 Å². The molecule has 136 valence electrons. The molecule has 24 heavy (non-hydrogen) atoms. The lowest BCUT2D eigenvalue weighted by molar-refractivity contribution is 0.339. The van der Waals surface area contributed by atoms with Crippen LogP contribution in [0.5, 0.6) is 0 Å². The summed E-state index contributed by atoms with van der Waals surface area (Å²) in [4.78, 5) is 4.23. The van der Waals surface area contributed by atoms with Crippen molar-refractivity contribution in [3.05, 3.63) is 23.3 Å². The van der Waals surface area contributed by atoms with Crippen molar-refractivity contribution in [3.8, 4) is 0 Å². The average Bonchev–Trinajstić information content (AvgIpc) is 2.98. The Kier molecular flexibility index (Phi) is 7.06. The van der Waals surface area contributed by atoms with Crippen molar-refractivity contribution < 1.29 is 0 Å². The van der Waals surface area contributed by atoms with Gasteiger partial charge in [-0.2, -0.15) is 5.10 Å². The van der Waals surface area contributed by atoms with E-state index in [2.05, 4.69) is 49.8 Å². The molecule has 3 nitrogen and oxygen atoms in total. The molecule has 3 heteroatoms. The minimum atomic E-state index is 0.438. The van der Waals surface area contributed by atoms with Gasteiger partial charge in [0.2, 0.25) is 0 Å². The number of hydrogen-bond donors (Lipinski definition) is 1. The van der Waals surface area contributed by atoms with Crippen molar-refractivity contribution in [1.29, 1.82) is 0 Å². The van der Waals surface area contributed by atoms with Crippen LogP contribution >= 0.6 is 0 Å². The van der Waals surface area contributed by atoms with Gasteiger partial charge in [0.1, 0.15) is 12.2 Å². The molecule has 0 radical (unpaired) electrons. The van der Waals surface area contributed by atoms with E-state index < -0.39 is 0 Å². The Labute approximate surface area is 148 Å². The number of hydrogen-bond acceptors (Lipinski definition) is 2. The normalized spacial score (nSPS) is 20.2. The molecule has 1 heterocycles. The number of nitrogens with one attached hydrogen (secondary N) is 1. The SMILES string of the molecule is CC1=C(CCC(C)CCCC(C)Cc2ncn[nH]2)C(C)(C)CCC1. The predicted molar refractivity (Wildman–Crippen MR) is 102 cm³/mol. The number of rotatable bonds is 9. The van der Waals surface area contributed by atoms with Crippen molar-refractivity contribution in [2.45, 2.75) is 92.4 Å². The molecular weight excluding hydrogens is 294 g/mol. The third kappa shape index (κ3) is 5.75. The van der Waals surface area contributed by atoms with Crippen LogP contribution in [-0.4, -0.2) is 15.2 Å². The van der Waals surface area contributed by atoms with E-state index in [9.17, 15) is 0 Å². The Morgan fingerprint density at radius 2 is 1.92 bits per heavy atom. The molecule has 1 N–H and O–H groups in total. The van der Waals surface area contributed by atoms with Crippen LogP contribution in [0.25, 0.3) is 0 Å². The largest absolute Gasteiger partial charge is 0.263 e. The first-order valence-electron chi connectivity index (χ1n) is 9.92. The second-order valence-electron chi connectivity index (χ2n) is 8.81. The van der Waals surface area contributed by atoms with E-state index in [1.165, 1.54) is 51.4 Å². The summed E-state index contributed by atoms with van der Waals surface area (Å²) in [6, 6.07) is 0. The van der Waals surface area contributed by atoms with Gasteiger partial charge in [0.15, 0.2) is 0 Å². The van der Waals surface area contributed by atoms with Crippen LogP contribution in [0.2, 0.25) is 0 Å². The highest BCUT2D eigenvalue weighted by molar-refractivity contribution is 5.22. The minimum absolute atomic E-state index is 0.438. The second kappa shape index (κ2) is 8.82. The Morgan fingerprint density at radius 1 is 1.17 bits per heavy atom. The maximum Gasteiger partial charge on any atom is 0.137 e. The smallest absolute Gasteiger partial charge is 0.137 e. The van der Waals surface area contributed by atoms with Gasteiger partial charge in [-0.25, -0.2) is 4.98 Å². The van der Waals surface area contributed by atoms with Gasteiger partial charge in [-0.1, -0.05) is 58.1 Å². The average molecular weight is 332 g/mol. The van der Waals surface area contributed by atoms with E-state index in [4.69, 9.17) is 0 Å². The molecule has 0 spiro atoms. The zero-order valence-electron chi connectivity index (χ0n) is 16.5. The third-order valence-corrected chi connectivity index (χ3v) is 5.97. The highest BCUT2D eigenvalue weighted by Crippen LogP contribution is 2.42. The summed E-state index contributed by atoms with van der Waals surface area (Å²) >= 11 is 0. The van der Waals surface area contributed by atoms with Gasteiger partial charge in [0.25, 0.3) is 0 Å². The molecule has 1 aliphatic rings. The topological polar surface area (TPSA) is 41.6 Å². The Balaban J connectivity index is 1.67. The zero-order chi connectivity index (χ0) is 17.6. The molecule has 1 aliphatic carbocycles. The summed E-state index contributed by atoms with van der Waals surface area (Å²) in [5, 5.41) is 6.90. The molecule has 2 atom stereocenters. The molecule has 0 bridgehead atoms. The van der Waals surface area contributed by atoms with Crippen LogP contribution in [0.1, 0.15) is 91.8 Å². The van der Waals surface area contributed by atoms with Crippen LogP contribution in [0.4, 0.5) is 0 Å². The first-order valence-corrected chi connectivity index (χ1v) is 9.92. The first-order chi connectivity index (χ1) is 11.4. The van der Waals surface area contributed by atoms with Crippen molar-refractivity contribution >= 4 is 0 Å². The summed E-state index contributed by atoms with van der Waals surface area (Å²) < 4.78 is 0. The maximum absolute atomic E-state index is 4.23. The third-order valence-electron chi connectivity index (χ3n) is 5.97. The number of H-pyrrole nitrogens is 1. The van der Waals surface area contributed by atoms with Gasteiger partial charge in [-0.05, 0) is 56.3 Å². The van der Waals surface area contributed by atoms with Crippen LogP contribution < -0.4 is 0 Å². The van der Waals surface area contributed by atoms with Crippen molar-refractivity contribution in [1.82, 2.24) is 15.2 Å². The van der Waals surface area contributed by atoms with Crippen LogP contribution in [0.15, 0.2) is 17.5 Å². The van der Waals surface area contributed by atoms with Crippen LogP contribution in [0, 0.1) is 17.3 Å². The molecular formula is C21H37N3. The first kappa shape index (κ1) is 19.2. The standard InChI is InChI=1S/C21H37N3/c1-16(8-6-9-17(2)14-20-22-15-23-24-20)11-12-19-18(3)10-7-13-21(19,4)5/h15-17H,6-14H2,1-5H3,(H,22,23,24). The van der Waals surface area contributed by atoms with Gasteiger partial charge < -0.3 is 0 Å². The predicted octanol–water partition coefficient (Wildman–Crippen LogP) is 6.10. The Hall–Kier alpha value is -1.12. The quantitative estimate of drug-likeness (QED) is 0.556. The monoisotopic (exact) mass is 331 g/mol. The molecule has 1 aromatic rings. The number of allylic oxidation sites excluding steroid dienone is 2. The lowest BCUT2D eigenvalue weighted by Gasteiger charge is -2.35. The molecule has 0 saturated heterocycles. The minimum Gasteiger partial charge on any atom is -0.263 e. The second-order valence-corrected chi connectivity index (χ2v) is 8.81. The highest BCUT2D eigenvalue weighted by Gasteiger charge is 2.28. The fourth-order valence-corrected chi connectivity index (χ4v) is 4.34. The lowest BCUT2D eigenvalue weighted by atomic mass is 9.70. The number of aromatic amines is 1. The molecule has 0 fully saturated rings. The molecule has 0 amide bonds. The van der Waals surface area contributed by atoms with E-state index in [0.29, 0.717) is 11.3 Å². The van der Waals surface area contributed by atoms with Crippen LogP contribution in [-0.2, 0) is 6.42 Å². The van der Waals surface area contributed by atoms with E-state index in [-0.39, 0.29) is 0 Å². The summed E-state index contributed by atoms with van der Waals surface area (Å²) in [5.41, 5.74) is 3.88. The maximum atomic E-state index is 4.23. The summed E-state index contributed by atoms with van der Waals surface area (Å²) in [5.74, 6) is 2.55. The van der Waals surface area contributed by atoms with Gasteiger partial charge in [-0.3, -0.25) is 5.10 Å². The summed E-state index contributed by atoms with van der Waals surface area (Å²) in [6.45, 7) is 12.0. The molecule has 0 aliphatic heterocycles. The molecule has 1 aromatic heterocycles. The van der Waals surface area contributed by atoms with Gasteiger partial charge in [0.05, 0.1) is 0 Å². The highest BCUT2D eigenvalue weighted by atomic mass is 15.2. The van der Waals surface area contributed by atoms with E-state index in [0.717, 1.165) is 18.2 Å². The van der Waals surface area contributed by atoms with Gasteiger partial charge in [0, 0.05) is 6.42 Å². The number of nitrogens with zero attached hydrogens (tertiary/aromatic N) is 2. The summed E-state index contributed by atoms with van der Waals surface area (Å²) in [6.07, 6.45) is 13.3. The van der Waals surface area contributed by atoms with Crippen LogP contribution in [0.3, 0.4) is 0 Å². The van der Waals surface area contributed by atoms with Crippen molar-refractivity contribution in [3.63, 3.8) is 0 Å². The van der Waals surface area contributed by atoms with Crippen molar-refractivity contribution in [2.75, 3.05) is 0 Å². The number of aromatic nitrogens is 3. The van der Waals surface area contributed by atoms with Gasteiger partial charge in [-0.15, -0.1) is 0 Å². The molecule has 0 saturated carbocycles. The molecule has 0 aromatic carbocycles. The van der Waals surface area contributed by atoms with E-state index in [1.807, 2.05) is 0 Å². The summed E-state index contributed by atoms with van der Waals surface area (Å²) in [7, 11) is 0. The fraction of sp³-hybridized carbons (Fsp3) is 0.810. The Morgan fingerprint density at radius 3 is 2.58 bits per heavy atom. The van der Waals surface area contributed by atoms with E-state index >= 15 is 0 Å². The zero-order valence-corrected chi connectivity index (χ0v) is 16.5. The Bertz CT molecular complexity index is 513. The lowest BCUT2D eigenvalue weighted by Crippen LogP contribution is -2.20. The van der Waals surface area contributed by atoms with Gasteiger partial charge >= 0.3 is 0 Å². The molecule has 2 unspecified atom stereocenters.